The van der Waals surface area contributed by atoms with Crippen LogP contribution in [0.5, 0.6) is 0 Å². The Morgan fingerprint density at radius 1 is 1.30 bits per heavy atom. The van der Waals surface area contributed by atoms with Crippen molar-refractivity contribution in [2.75, 3.05) is 0 Å². The highest BCUT2D eigenvalue weighted by Gasteiger charge is 2.19. The number of hydrogen-bond acceptors (Lipinski definition) is 8. The quantitative estimate of drug-likeness (QED) is 0.681. The van der Waals surface area contributed by atoms with Gasteiger partial charge in [0.25, 0.3) is 11.1 Å². The second-order valence-electron chi connectivity index (χ2n) is 4.25. The van der Waals surface area contributed by atoms with E-state index < -0.39 is 0 Å². The maximum atomic E-state index is 5.67. The second kappa shape index (κ2) is 5.37. The molecule has 6 nitrogen and oxygen atoms in total. The summed E-state index contributed by atoms with van der Waals surface area (Å²) in [7, 11) is 0. The van der Waals surface area contributed by atoms with E-state index in [1.54, 1.807) is 18.3 Å². The molecule has 0 spiro atoms. The number of hydrogen-bond donors (Lipinski definition) is 0. The molecular weight excluding hydrogens is 296 g/mol. The summed E-state index contributed by atoms with van der Waals surface area (Å²) < 4.78 is 10.8. The van der Waals surface area contributed by atoms with Crippen molar-refractivity contribution in [1.82, 2.24) is 20.3 Å². The molecule has 1 atom stereocenters. The van der Waals surface area contributed by atoms with Crippen LogP contribution in [0.2, 0.25) is 0 Å². The lowest BCUT2D eigenvalue weighted by atomic mass is 10.3. The van der Waals surface area contributed by atoms with Crippen molar-refractivity contribution in [3.05, 3.63) is 28.7 Å². The van der Waals surface area contributed by atoms with Crippen LogP contribution in [-0.4, -0.2) is 20.3 Å². The van der Waals surface area contributed by atoms with Crippen molar-refractivity contribution >= 4 is 23.1 Å². The molecule has 0 radical (unpaired) electrons. The molecule has 3 heterocycles. The molecule has 0 aliphatic heterocycles. The van der Waals surface area contributed by atoms with Crippen LogP contribution in [0.1, 0.15) is 29.5 Å². The standard InChI is InChI=1S/C12H12N4O2S2/c1-6-4-5-19-9(6)11-14-15-12(17-11)20-7(2)10-13-8(3)16-18-10/h4-5,7H,1-3H3. The van der Waals surface area contributed by atoms with Crippen LogP contribution in [0.15, 0.2) is 25.6 Å². The van der Waals surface area contributed by atoms with E-state index in [1.807, 2.05) is 25.3 Å². The van der Waals surface area contributed by atoms with Crippen molar-refractivity contribution in [3.8, 4) is 10.8 Å². The molecule has 3 rings (SSSR count). The molecule has 0 bridgehead atoms. The van der Waals surface area contributed by atoms with Crippen molar-refractivity contribution in [2.24, 2.45) is 0 Å². The third-order valence-electron chi connectivity index (χ3n) is 2.63. The molecule has 0 amide bonds. The van der Waals surface area contributed by atoms with Crippen LogP contribution >= 0.6 is 23.1 Å². The highest BCUT2D eigenvalue weighted by atomic mass is 32.2. The minimum Gasteiger partial charge on any atom is -0.410 e. The molecule has 0 N–H and O–H groups in total. The highest BCUT2D eigenvalue weighted by molar-refractivity contribution is 7.99. The van der Waals surface area contributed by atoms with Crippen molar-refractivity contribution < 1.29 is 8.94 Å². The maximum absolute atomic E-state index is 5.67. The molecule has 0 fully saturated rings. The summed E-state index contributed by atoms with van der Waals surface area (Å²) in [6, 6.07) is 2.03. The van der Waals surface area contributed by atoms with E-state index in [0.29, 0.717) is 22.8 Å². The summed E-state index contributed by atoms with van der Waals surface area (Å²) >= 11 is 2.99. The molecule has 3 aromatic rings. The van der Waals surface area contributed by atoms with Gasteiger partial charge in [0.1, 0.15) is 0 Å². The fourth-order valence-corrected chi connectivity index (χ4v) is 3.18. The fourth-order valence-electron chi connectivity index (χ4n) is 1.62. The normalized spacial score (nSPS) is 12.8. The molecule has 20 heavy (non-hydrogen) atoms. The highest BCUT2D eigenvalue weighted by Crippen LogP contribution is 2.35. The number of nitrogens with zero attached hydrogens (tertiary/aromatic N) is 4. The number of aryl methyl sites for hydroxylation is 2. The van der Waals surface area contributed by atoms with E-state index in [4.69, 9.17) is 8.94 Å². The lowest BCUT2D eigenvalue weighted by Crippen LogP contribution is -1.88. The zero-order valence-corrected chi connectivity index (χ0v) is 12.8. The smallest absolute Gasteiger partial charge is 0.277 e. The Bertz CT molecular complexity index is 718. The van der Waals surface area contributed by atoms with Gasteiger partial charge in [0.2, 0.25) is 5.89 Å². The van der Waals surface area contributed by atoms with Crippen LogP contribution in [0.4, 0.5) is 0 Å². The Morgan fingerprint density at radius 3 is 2.80 bits per heavy atom. The summed E-state index contributed by atoms with van der Waals surface area (Å²) in [5.74, 6) is 1.72. The molecule has 3 aromatic heterocycles. The van der Waals surface area contributed by atoms with Gasteiger partial charge in [-0.2, -0.15) is 4.98 Å². The Labute approximate surface area is 123 Å². The van der Waals surface area contributed by atoms with Crippen LogP contribution in [0.3, 0.4) is 0 Å². The average Bonchev–Trinajstić information content (AvgIpc) is 3.10. The first-order valence-corrected chi connectivity index (χ1v) is 7.74. The predicted molar refractivity (Wildman–Crippen MR) is 75.7 cm³/mol. The second-order valence-corrected chi connectivity index (χ2v) is 6.45. The Morgan fingerprint density at radius 2 is 2.15 bits per heavy atom. The zero-order valence-electron chi connectivity index (χ0n) is 11.2. The van der Waals surface area contributed by atoms with Gasteiger partial charge in [-0.15, -0.1) is 21.5 Å². The van der Waals surface area contributed by atoms with Crippen LogP contribution in [-0.2, 0) is 0 Å². The zero-order chi connectivity index (χ0) is 14.1. The monoisotopic (exact) mass is 308 g/mol. The molecule has 0 aliphatic carbocycles. The number of aromatic nitrogens is 4. The van der Waals surface area contributed by atoms with Gasteiger partial charge in [-0.05, 0) is 37.8 Å². The van der Waals surface area contributed by atoms with E-state index in [9.17, 15) is 0 Å². The van der Waals surface area contributed by atoms with Gasteiger partial charge in [-0.1, -0.05) is 16.9 Å². The largest absolute Gasteiger partial charge is 0.410 e. The van der Waals surface area contributed by atoms with Gasteiger partial charge >= 0.3 is 0 Å². The summed E-state index contributed by atoms with van der Waals surface area (Å²) in [5, 5.41) is 14.4. The third-order valence-corrected chi connectivity index (χ3v) is 4.56. The molecule has 0 aromatic carbocycles. The van der Waals surface area contributed by atoms with Crippen LogP contribution in [0.25, 0.3) is 10.8 Å². The van der Waals surface area contributed by atoms with E-state index in [0.717, 1.165) is 10.4 Å². The first kappa shape index (κ1) is 13.3. The number of thioether (sulfide) groups is 1. The van der Waals surface area contributed by atoms with Gasteiger partial charge < -0.3 is 8.94 Å². The van der Waals surface area contributed by atoms with Crippen molar-refractivity contribution in [1.29, 1.82) is 0 Å². The summed E-state index contributed by atoms with van der Waals surface area (Å²) in [4.78, 5) is 5.20. The molecule has 0 aliphatic rings. The van der Waals surface area contributed by atoms with E-state index in [2.05, 4.69) is 20.3 Å². The van der Waals surface area contributed by atoms with E-state index in [-0.39, 0.29) is 5.25 Å². The van der Waals surface area contributed by atoms with E-state index in [1.165, 1.54) is 11.8 Å². The average molecular weight is 308 g/mol. The van der Waals surface area contributed by atoms with E-state index >= 15 is 0 Å². The van der Waals surface area contributed by atoms with Gasteiger partial charge in [-0.25, -0.2) is 0 Å². The Hall–Kier alpha value is -1.67. The predicted octanol–water partition coefficient (Wildman–Crippen LogP) is 3.65. The summed E-state index contributed by atoms with van der Waals surface area (Å²) in [5.41, 5.74) is 1.13. The molecule has 1 unspecified atom stereocenters. The van der Waals surface area contributed by atoms with Crippen LogP contribution in [0, 0.1) is 13.8 Å². The SMILES string of the molecule is Cc1noc(C(C)Sc2nnc(-c3sccc3C)o2)n1. The summed E-state index contributed by atoms with van der Waals surface area (Å²) in [6.45, 7) is 5.76. The van der Waals surface area contributed by atoms with Crippen molar-refractivity contribution in [3.63, 3.8) is 0 Å². The third kappa shape index (κ3) is 2.61. The Balaban J connectivity index is 1.76. The number of rotatable bonds is 4. The fraction of sp³-hybridized carbons (Fsp3) is 0.333. The number of thiophene rings is 1. The lowest BCUT2D eigenvalue weighted by molar-refractivity contribution is 0.375. The van der Waals surface area contributed by atoms with Gasteiger partial charge in [0.05, 0.1) is 10.1 Å². The van der Waals surface area contributed by atoms with Crippen LogP contribution < -0.4 is 0 Å². The molecular formula is C12H12N4O2S2. The Kier molecular flexibility index (Phi) is 3.58. The van der Waals surface area contributed by atoms with Gasteiger partial charge in [0, 0.05) is 0 Å². The minimum absolute atomic E-state index is 0.0334. The lowest BCUT2D eigenvalue weighted by Gasteiger charge is -2.00. The maximum Gasteiger partial charge on any atom is 0.277 e. The minimum atomic E-state index is -0.0334. The molecule has 0 saturated heterocycles. The van der Waals surface area contributed by atoms with Gasteiger partial charge in [-0.3, -0.25) is 0 Å². The molecule has 0 saturated carbocycles. The topological polar surface area (TPSA) is 77.8 Å². The van der Waals surface area contributed by atoms with Crippen molar-refractivity contribution in [2.45, 2.75) is 31.2 Å². The van der Waals surface area contributed by atoms with Gasteiger partial charge in [0.15, 0.2) is 5.82 Å². The first-order chi connectivity index (χ1) is 9.63. The molecule has 8 heteroatoms. The summed E-state index contributed by atoms with van der Waals surface area (Å²) in [6.07, 6.45) is 0. The molecule has 104 valence electrons. The first-order valence-electron chi connectivity index (χ1n) is 5.98.